The van der Waals surface area contributed by atoms with Crippen LogP contribution in [0.1, 0.15) is 26.7 Å². The molecule has 0 saturated carbocycles. The van der Waals surface area contributed by atoms with Gasteiger partial charge in [-0.15, -0.1) is 0 Å². The van der Waals surface area contributed by atoms with Crippen molar-refractivity contribution in [3.05, 3.63) is 29.3 Å². The molecule has 1 aromatic rings. The number of amides is 3. The zero-order valence-electron chi connectivity index (χ0n) is 14.1. The monoisotopic (exact) mass is 348 g/mol. The molecule has 0 aromatic heterocycles. The van der Waals surface area contributed by atoms with E-state index in [-0.39, 0.29) is 11.9 Å². The van der Waals surface area contributed by atoms with E-state index < -0.39 is 5.41 Å². The molecule has 0 unspecified atom stereocenters. The molecule has 1 saturated heterocycles. The lowest BCUT2D eigenvalue weighted by Gasteiger charge is -2.48. The summed E-state index contributed by atoms with van der Waals surface area (Å²) in [6.45, 7) is 4.64. The van der Waals surface area contributed by atoms with Crippen LogP contribution >= 0.6 is 11.6 Å². The minimum absolute atomic E-state index is 0.168. The number of carbonyl (C=O) groups is 2. The van der Waals surface area contributed by atoms with Crippen molar-refractivity contribution >= 4 is 35.1 Å². The number of urea groups is 1. The minimum atomic E-state index is -0.727. The molecular weight excluding hydrogens is 328 g/mol. The van der Waals surface area contributed by atoms with Crippen LogP contribution in [0.15, 0.2) is 29.3 Å². The lowest BCUT2D eigenvalue weighted by molar-refractivity contribution is -0.136. The van der Waals surface area contributed by atoms with Crippen molar-refractivity contribution in [2.75, 3.05) is 25.3 Å². The Kier molecular flexibility index (Phi) is 4.25. The zero-order chi connectivity index (χ0) is 17.5. The number of fused-ring (bicyclic) bond motifs is 1. The fraction of sp³-hybridized carbons (Fsp3) is 0.471. The lowest BCUT2D eigenvalue weighted by atomic mass is 9.77. The van der Waals surface area contributed by atoms with Crippen molar-refractivity contribution in [1.29, 1.82) is 0 Å². The Bertz CT molecular complexity index is 714. The fourth-order valence-electron chi connectivity index (χ4n) is 3.49. The van der Waals surface area contributed by atoms with Gasteiger partial charge in [-0.25, -0.2) is 9.79 Å². The Hall–Kier alpha value is -2.08. The summed E-state index contributed by atoms with van der Waals surface area (Å²) in [5.74, 6) is 0.419. The number of para-hydroxylation sites is 1. The molecule has 0 N–H and O–H groups in total. The van der Waals surface area contributed by atoms with Gasteiger partial charge in [-0.2, -0.15) is 0 Å². The van der Waals surface area contributed by atoms with Crippen LogP contribution in [0.4, 0.5) is 10.5 Å². The number of hydrogen-bond donors (Lipinski definition) is 0. The van der Waals surface area contributed by atoms with E-state index >= 15 is 0 Å². The summed E-state index contributed by atoms with van der Waals surface area (Å²) in [7, 11) is 1.54. The first-order valence-electron chi connectivity index (χ1n) is 8.10. The highest BCUT2D eigenvalue weighted by Crippen LogP contribution is 2.38. The average molecular weight is 349 g/mol. The van der Waals surface area contributed by atoms with Crippen LogP contribution in [0.25, 0.3) is 0 Å². The molecule has 0 radical (unpaired) electrons. The summed E-state index contributed by atoms with van der Waals surface area (Å²) in [5, 5.41) is 0.613. The summed E-state index contributed by atoms with van der Waals surface area (Å²) in [6.07, 6.45) is 1.22. The van der Waals surface area contributed by atoms with Gasteiger partial charge in [0.15, 0.2) is 0 Å². The maximum absolute atomic E-state index is 12.7. The van der Waals surface area contributed by atoms with Gasteiger partial charge in [-0.05, 0) is 25.0 Å². The van der Waals surface area contributed by atoms with E-state index in [1.165, 1.54) is 11.9 Å². The number of nitrogens with zero attached hydrogens (tertiary/aromatic N) is 4. The van der Waals surface area contributed by atoms with Crippen molar-refractivity contribution in [3.8, 4) is 0 Å². The molecule has 0 atom stereocenters. The second-order valence-corrected chi connectivity index (χ2v) is 6.53. The molecule has 3 rings (SSSR count). The summed E-state index contributed by atoms with van der Waals surface area (Å²) < 4.78 is 0. The standard InChI is InChI=1S/C17H21ClN4O2/c1-4-17(5-2)14-19-10-21(13-9-7-6-8-12(13)18)11-22(14)16(24)20(3)15(17)23/h6-9H,4-5,10-11H2,1-3H3. The van der Waals surface area contributed by atoms with Crippen LogP contribution < -0.4 is 4.90 Å². The number of rotatable bonds is 3. The van der Waals surface area contributed by atoms with Crippen LogP contribution in [0.3, 0.4) is 0 Å². The van der Waals surface area contributed by atoms with E-state index in [0.717, 1.165) is 5.69 Å². The van der Waals surface area contributed by atoms with Gasteiger partial charge in [-0.3, -0.25) is 14.6 Å². The Balaban J connectivity index is 2.03. The Morgan fingerprint density at radius 3 is 2.50 bits per heavy atom. The third-order valence-electron chi connectivity index (χ3n) is 5.02. The summed E-state index contributed by atoms with van der Waals surface area (Å²) >= 11 is 6.27. The first-order chi connectivity index (χ1) is 11.5. The van der Waals surface area contributed by atoms with Crippen molar-refractivity contribution in [3.63, 3.8) is 0 Å². The van der Waals surface area contributed by atoms with Gasteiger partial charge in [-0.1, -0.05) is 37.6 Å². The van der Waals surface area contributed by atoms with Gasteiger partial charge >= 0.3 is 6.03 Å². The van der Waals surface area contributed by atoms with Crippen LogP contribution in [-0.4, -0.2) is 48.0 Å². The Morgan fingerprint density at radius 2 is 1.88 bits per heavy atom. The number of anilines is 1. The normalized spacial score (nSPS) is 20.2. The summed E-state index contributed by atoms with van der Waals surface area (Å²) in [5.41, 5.74) is 0.0998. The van der Waals surface area contributed by atoms with Gasteiger partial charge in [0.2, 0.25) is 5.91 Å². The first kappa shape index (κ1) is 16.8. The number of halogens is 1. The maximum atomic E-state index is 12.7. The van der Waals surface area contributed by atoms with E-state index in [4.69, 9.17) is 11.6 Å². The van der Waals surface area contributed by atoms with Crippen LogP contribution in [0.2, 0.25) is 5.02 Å². The van der Waals surface area contributed by atoms with Crippen LogP contribution in [0, 0.1) is 5.41 Å². The number of amidine groups is 1. The topological polar surface area (TPSA) is 56.2 Å². The smallest absolute Gasteiger partial charge is 0.332 e. The number of carbonyl (C=O) groups excluding carboxylic acids is 2. The van der Waals surface area contributed by atoms with E-state index in [9.17, 15) is 9.59 Å². The van der Waals surface area contributed by atoms with Crippen molar-refractivity contribution in [2.45, 2.75) is 26.7 Å². The maximum Gasteiger partial charge on any atom is 0.333 e. The van der Waals surface area contributed by atoms with Gasteiger partial charge in [0.1, 0.15) is 24.6 Å². The van der Waals surface area contributed by atoms with Gasteiger partial charge in [0, 0.05) is 7.05 Å². The van der Waals surface area contributed by atoms with Gasteiger partial charge in [0.25, 0.3) is 0 Å². The summed E-state index contributed by atoms with van der Waals surface area (Å²) in [6, 6.07) is 7.14. The SMILES string of the molecule is CCC1(CC)C(=O)N(C)C(=O)N2CN(c3ccccc3Cl)CN=C21. The minimum Gasteiger partial charge on any atom is -0.332 e. The third-order valence-corrected chi connectivity index (χ3v) is 5.34. The molecule has 7 heteroatoms. The lowest BCUT2D eigenvalue weighted by Crippen LogP contribution is -2.67. The number of benzene rings is 1. The zero-order valence-corrected chi connectivity index (χ0v) is 14.9. The van der Waals surface area contributed by atoms with Gasteiger partial charge < -0.3 is 4.90 Å². The van der Waals surface area contributed by atoms with E-state index in [1.54, 1.807) is 4.90 Å². The predicted molar refractivity (Wildman–Crippen MR) is 94.1 cm³/mol. The average Bonchev–Trinajstić information content (AvgIpc) is 2.61. The van der Waals surface area contributed by atoms with E-state index in [0.29, 0.717) is 37.0 Å². The van der Waals surface area contributed by atoms with Crippen LogP contribution in [0.5, 0.6) is 0 Å². The third kappa shape index (κ3) is 2.28. The van der Waals surface area contributed by atoms with Crippen LogP contribution in [-0.2, 0) is 4.79 Å². The molecule has 3 amide bonds. The number of hydrogen-bond acceptors (Lipinski definition) is 4. The van der Waals surface area contributed by atoms with E-state index in [2.05, 4.69) is 4.99 Å². The molecule has 0 bridgehead atoms. The molecule has 1 fully saturated rings. The molecule has 0 spiro atoms. The Labute approximate surface area is 146 Å². The van der Waals surface area contributed by atoms with Gasteiger partial charge in [0.05, 0.1) is 10.7 Å². The van der Waals surface area contributed by atoms with Crippen molar-refractivity contribution < 1.29 is 9.59 Å². The molecule has 128 valence electrons. The highest BCUT2D eigenvalue weighted by molar-refractivity contribution is 6.33. The number of aliphatic imine (C=N–C) groups is 1. The predicted octanol–water partition coefficient (Wildman–Crippen LogP) is 3.17. The second kappa shape index (κ2) is 6.09. The first-order valence-corrected chi connectivity index (χ1v) is 8.48. The molecule has 0 aliphatic carbocycles. The van der Waals surface area contributed by atoms with E-state index in [1.807, 2.05) is 43.0 Å². The van der Waals surface area contributed by atoms with Crippen molar-refractivity contribution in [1.82, 2.24) is 9.80 Å². The molecule has 6 nitrogen and oxygen atoms in total. The molecule has 2 aliphatic rings. The highest BCUT2D eigenvalue weighted by atomic mass is 35.5. The van der Waals surface area contributed by atoms with Crippen molar-refractivity contribution in [2.24, 2.45) is 10.4 Å². The quantitative estimate of drug-likeness (QED) is 0.843. The molecule has 2 aliphatic heterocycles. The fourth-order valence-corrected chi connectivity index (χ4v) is 3.75. The highest BCUT2D eigenvalue weighted by Gasteiger charge is 2.53. The second-order valence-electron chi connectivity index (χ2n) is 6.12. The molecule has 1 aromatic carbocycles. The largest absolute Gasteiger partial charge is 0.333 e. The molecular formula is C17H21ClN4O2. The molecule has 2 heterocycles. The molecule has 24 heavy (non-hydrogen) atoms. The summed E-state index contributed by atoms with van der Waals surface area (Å²) in [4.78, 5) is 34.8. The number of imide groups is 1. The Morgan fingerprint density at radius 1 is 1.21 bits per heavy atom.